The fourth-order valence-electron chi connectivity index (χ4n) is 2.88. The fraction of sp³-hybridized carbons (Fsp3) is 0.0952. The third-order valence-electron chi connectivity index (χ3n) is 4.06. The number of hydrogen-bond acceptors (Lipinski definition) is 1. The molecular formula is C21H17FN2O. The number of nitrogens with zero attached hydrogens (tertiary/aromatic N) is 1. The van der Waals surface area contributed by atoms with E-state index in [-0.39, 0.29) is 11.7 Å². The predicted octanol–water partition coefficient (Wildman–Crippen LogP) is 4.47. The third kappa shape index (κ3) is 3.17. The van der Waals surface area contributed by atoms with E-state index >= 15 is 0 Å². The summed E-state index contributed by atoms with van der Waals surface area (Å²) in [4.78, 5) is 12.6. The summed E-state index contributed by atoms with van der Waals surface area (Å²) < 4.78 is 15.9. The summed E-state index contributed by atoms with van der Waals surface area (Å²) in [5.41, 5.74) is 3.68. The summed E-state index contributed by atoms with van der Waals surface area (Å²) >= 11 is 0. The minimum atomic E-state index is -0.335. The molecule has 0 bridgehead atoms. The highest BCUT2D eigenvalue weighted by Crippen LogP contribution is 2.23. The van der Waals surface area contributed by atoms with Gasteiger partial charge in [0.2, 0.25) is 0 Å². The van der Waals surface area contributed by atoms with Crippen LogP contribution in [0.25, 0.3) is 5.69 Å². The molecule has 1 amide bonds. The molecule has 3 nitrogen and oxygen atoms in total. The molecule has 25 heavy (non-hydrogen) atoms. The molecule has 4 heteroatoms. The number of para-hydroxylation sites is 1. The molecule has 0 atom stereocenters. The molecule has 1 heterocycles. The van der Waals surface area contributed by atoms with Gasteiger partial charge in [-0.25, -0.2) is 4.39 Å². The predicted molar refractivity (Wildman–Crippen MR) is 97.5 cm³/mol. The highest BCUT2D eigenvalue weighted by atomic mass is 19.1. The molecule has 0 unspecified atom stereocenters. The maximum atomic E-state index is 14.1. The van der Waals surface area contributed by atoms with Crippen LogP contribution < -0.4 is 5.32 Å². The molecule has 1 aromatic heterocycles. The number of aromatic nitrogens is 1. The number of rotatable bonds is 3. The second-order valence-corrected chi connectivity index (χ2v) is 5.75. The zero-order valence-electron chi connectivity index (χ0n) is 14.0. The Kier molecular flexibility index (Phi) is 4.40. The van der Waals surface area contributed by atoms with E-state index < -0.39 is 0 Å². The van der Waals surface area contributed by atoms with E-state index in [1.807, 2.05) is 6.92 Å². The minimum absolute atomic E-state index is 0.259. The van der Waals surface area contributed by atoms with Crippen LogP contribution >= 0.6 is 0 Å². The summed E-state index contributed by atoms with van der Waals surface area (Å²) in [7, 11) is 0. The van der Waals surface area contributed by atoms with Gasteiger partial charge >= 0.3 is 0 Å². The van der Waals surface area contributed by atoms with Crippen LogP contribution in [-0.2, 0) is 0 Å². The lowest BCUT2D eigenvalue weighted by atomic mass is 10.2. The number of hydrogen-bond donors (Lipinski definition) is 1. The second-order valence-electron chi connectivity index (χ2n) is 5.75. The first-order valence-corrected chi connectivity index (χ1v) is 7.83. The monoisotopic (exact) mass is 332 g/mol. The van der Waals surface area contributed by atoms with Crippen molar-refractivity contribution in [1.29, 1.82) is 0 Å². The van der Waals surface area contributed by atoms with Crippen molar-refractivity contribution >= 4 is 11.6 Å². The van der Waals surface area contributed by atoms with Gasteiger partial charge in [0.25, 0.3) is 5.91 Å². The highest BCUT2D eigenvalue weighted by Gasteiger charge is 2.18. The topological polar surface area (TPSA) is 34.0 Å². The lowest BCUT2D eigenvalue weighted by Crippen LogP contribution is -2.13. The Balaban J connectivity index is 1.96. The Morgan fingerprint density at radius 1 is 1.12 bits per heavy atom. The quantitative estimate of drug-likeness (QED) is 0.706. The number of carbonyl (C=O) groups excluding carboxylic acids is 1. The summed E-state index contributed by atoms with van der Waals surface area (Å²) in [5, 5.41) is 2.84. The average Bonchev–Trinajstić information content (AvgIpc) is 2.90. The molecule has 0 radical (unpaired) electrons. The van der Waals surface area contributed by atoms with E-state index in [0.29, 0.717) is 28.2 Å². The van der Waals surface area contributed by atoms with Crippen LogP contribution in [0.1, 0.15) is 27.3 Å². The maximum absolute atomic E-state index is 14.1. The number of carbonyl (C=O) groups is 1. The van der Waals surface area contributed by atoms with Crippen LogP contribution in [0.5, 0.6) is 0 Å². The van der Waals surface area contributed by atoms with E-state index in [1.54, 1.807) is 60.0 Å². The lowest BCUT2D eigenvalue weighted by Gasteiger charge is -2.11. The van der Waals surface area contributed by atoms with Gasteiger partial charge in [-0.05, 0) is 50.2 Å². The van der Waals surface area contributed by atoms with Gasteiger partial charge < -0.3 is 9.88 Å². The van der Waals surface area contributed by atoms with Crippen molar-refractivity contribution in [3.05, 3.63) is 82.9 Å². The molecule has 0 aliphatic rings. The molecule has 2 aromatic carbocycles. The van der Waals surface area contributed by atoms with Crippen molar-refractivity contribution in [2.45, 2.75) is 13.8 Å². The molecule has 1 N–H and O–H groups in total. The molecule has 124 valence electrons. The number of aryl methyl sites for hydroxylation is 1. The van der Waals surface area contributed by atoms with E-state index in [0.717, 1.165) is 5.69 Å². The minimum Gasteiger partial charge on any atom is -0.322 e. The number of amides is 1. The van der Waals surface area contributed by atoms with Crippen molar-refractivity contribution in [1.82, 2.24) is 4.57 Å². The molecular weight excluding hydrogens is 315 g/mol. The van der Waals surface area contributed by atoms with E-state index in [1.165, 1.54) is 6.07 Å². The SMILES string of the molecule is C#Cc1cccc(NC(=O)c2cc(C)n(-c3ccccc3F)c2C)c1. The first-order chi connectivity index (χ1) is 12.0. The van der Waals surface area contributed by atoms with Crippen LogP contribution in [0.2, 0.25) is 0 Å². The second kappa shape index (κ2) is 6.66. The van der Waals surface area contributed by atoms with Gasteiger partial charge in [-0.15, -0.1) is 6.42 Å². The highest BCUT2D eigenvalue weighted by molar-refractivity contribution is 6.05. The van der Waals surface area contributed by atoms with Crippen molar-refractivity contribution in [2.75, 3.05) is 5.32 Å². The van der Waals surface area contributed by atoms with E-state index in [4.69, 9.17) is 6.42 Å². The van der Waals surface area contributed by atoms with Crippen LogP contribution in [-0.4, -0.2) is 10.5 Å². The number of anilines is 1. The van der Waals surface area contributed by atoms with Gasteiger partial charge in [0, 0.05) is 22.6 Å². The van der Waals surface area contributed by atoms with Crippen molar-refractivity contribution in [2.24, 2.45) is 0 Å². The molecule has 3 aromatic rings. The summed E-state index contributed by atoms with van der Waals surface area (Å²) in [6.07, 6.45) is 5.38. The third-order valence-corrected chi connectivity index (χ3v) is 4.06. The number of nitrogens with one attached hydrogen (secondary N) is 1. The number of benzene rings is 2. The van der Waals surface area contributed by atoms with Gasteiger partial charge in [0.15, 0.2) is 0 Å². The van der Waals surface area contributed by atoms with Crippen LogP contribution in [0, 0.1) is 32.0 Å². The first-order valence-electron chi connectivity index (χ1n) is 7.83. The zero-order chi connectivity index (χ0) is 18.0. The fourth-order valence-corrected chi connectivity index (χ4v) is 2.88. The largest absolute Gasteiger partial charge is 0.322 e. The Hall–Kier alpha value is -3.32. The molecule has 0 saturated heterocycles. The number of halogens is 1. The normalized spacial score (nSPS) is 10.3. The van der Waals surface area contributed by atoms with E-state index in [9.17, 15) is 9.18 Å². The van der Waals surface area contributed by atoms with E-state index in [2.05, 4.69) is 11.2 Å². The smallest absolute Gasteiger partial charge is 0.257 e. The summed E-state index contributed by atoms with van der Waals surface area (Å²) in [6.45, 7) is 3.64. The van der Waals surface area contributed by atoms with Crippen molar-refractivity contribution in [3.8, 4) is 18.0 Å². The van der Waals surface area contributed by atoms with Crippen molar-refractivity contribution in [3.63, 3.8) is 0 Å². The molecule has 0 aliphatic heterocycles. The van der Waals surface area contributed by atoms with Gasteiger partial charge in [-0.3, -0.25) is 4.79 Å². The van der Waals surface area contributed by atoms with Crippen LogP contribution in [0.15, 0.2) is 54.6 Å². The van der Waals surface area contributed by atoms with Gasteiger partial charge in [-0.2, -0.15) is 0 Å². The Bertz CT molecular complexity index is 995. The lowest BCUT2D eigenvalue weighted by molar-refractivity contribution is 0.102. The van der Waals surface area contributed by atoms with Crippen LogP contribution in [0.4, 0.5) is 10.1 Å². The molecule has 0 aliphatic carbocycles. The average molecular weight is 332 g/mol. The summed E-state index contributed by atoms with van der Waals surface area (Å²) in [5.74, 6) is 1.94. The van der Waals surface area contributed by atoms with Crippen LogP contribution in [0.3, 0.4) is 0 Å². The molecule has 3 rings (SSSR count). The first kappa shape index (κ1) is 16.5. The molecule has 0 saturated carbocycles. The van der Waals surface area contributed by atoms with Gasteiger partial charge in [0.05, 0.1) is 11.3 Å². The number of terminal acetylenes is 1. The zero-order valence-corrected chi connectivity index (χ0v) is 14.0. The Morgan fingerprint density at radius 3 is 2.60 bits per heavy atom. The Labute approximate surface area is 146 Å². The van der Waals surface area contributed by atoms with Gasteiger partial charge in [0.1, 0.15) is 5.82 Å². The Morgan fingerprint density at radius 2 is 1.88 bits per heavy atom. The standard InChI is InChI=1S/C21H17FN2O/c1-4-16-8-7-9-17(13-16)23-21(25)18-12-14(2)24(15(18)3)20-11-6-5-10-19(20)22/h1,5-13H,2-3H3,(H,23,25). The molecule has 0 fully saturated rings. The molecule has 0 spiro atoms. The summed E-state index contributed by atoms with van der Waals surface area (Å²) in [6, 6.07) is 15.3. The maximum Gasteiger partial charge on any atom is 0.257 e. The van der Waals surface area contributed by atoms with Crippen molar-refractivity contribution < 1.29 is 9.18 Å². The van der Waals surface area contributed by atoms with Gasteiger partial charge in [-0.1, -0.05) is 24.1 Å².